The van der Waals surface area contributed by atoms with Crippen LogP contribution in [-0.2, 0) is 9.59 Å². The van der Waals surface area contributed by atoms with Gasteiger partial charge in [-0.15, -0.1) is 0 Å². The van der Waals surface area contributed by atoms with Gasteiger partial charge in [0.15, 0.2) is 0 Å². The van der Waals surface area contributed by atoms with Crippen LogP contribution in [0.4, 0.5) is 11.4 Å². The van der Waals surface area contributed by atoms with E-state index in [1.807, 2.05) is 19.1 Å². The monoisotopic (exact) mass is 323 g/mol. The molecule has 0 aromatic heterocycles. The molecule has 1 heterocycles. The zero-order valence-corrected chi connectivity index (χ0v) is 12.7. The second-order valence-electron chi connectivity index (χ2n) is 5.33. The number of rotatable bonds is 3. The lowest BCUT2D eigenvalue weighted by atomic mass is 10.1. The third kappa shape index (κ3) is 2.87. The third-order valence-corrected chi connectivity index (χ3v) is 3.58. The van der Waals surface area contributed by atoms with E-state index in [1.54, 1.807) is 18.2 Å². The maximum absolute atomic E-state index is 12.5. The topological polar surface area (TPSA) is 92.6 Å². The Bertz CT molecular complexity index is 872. The average molecular weight is 323 g/mol. The summed E-state index contributed by atoms with van der Waals surface area (Å²) in [4.78, 5) is 34.8. The van der Waals surface area contributed by atoms with Crippen molar-refractivity contribution in [3.05, 3.63) is 75.3 Å². The van der Waals surface area contributed by atoms with Gasteiger partial charge in [-0.1, -0.05) is 29.8 Å². The highest BCUT2D eigenvalue weighted by molar-refractivity contribution is 6.31. The predicted molar refractivity (Wildman–Crippen MR) is 87.9 cm³/mol. The standard InChI is InChI=1S/C17H13N3O4/c1-11-5-7-13(8-6-11)19-17(22)15(16(21)18-19)10-12-3-2-4-14(9-12)20(23)24/h2-10H,1H3,(H,18,21)/b15-10+. The van der Waals surface area contributed by atoms with E-state index in [-0.39, 0.29) is 11.3 Å². The molecule has 0 atom stereocenters. The molecule has 1 fully saturated rings. The van der Waals surface area contributed by atoms with Crippen LogP contribution in [0.15, 0.2) is 54.1 Å². The molecule has 2 amide bonds. The van der Waals surface area contributed by atoms with E-state index in [9.17, 15) is 19.7 Å². The molecular weight excluding hydrogens is 310 g/mol. The summed E-state index contributed by atoms with van der Waals surface area (Å²) in [6.45, 7) is 1.92. The number of nitro benzene ring substituents is 1. The summed E-state index contributed by atoms with van der Waals surface area (Å²) in [6.07, 6.45) is 1.35. The first-order valence-corrected chi connectivity index (χ1v) is 7.14. The Labute approximate surface area is 137 Å². The third-order valence-electron chi connectivity index (χ3n) is 3.58. The predicted octanol–water partition coefficient (Wildman–Crippen LogP) is 2.36. The molecule has 0 radical (unpaired) electrons. The smallest absolute Gasteiger partial charge is 0.267 e. The van der Waals surface area contributed by atoms with Gasteiger partial charge < -0.3 is 0 Å². The summed E-state index contributed by atoms with van der Waals surface area (Å²) in [5.41, 5.74) is 4.30. The van der Waals surface area contributed by atoms with Crippen LogP contribution in [-0.4, -0.2) is 16.7 Å². The Kier molecular flexibility index (Phi) is 3.83. The number of hydrogen-bond donors (Lipinski definition) is 1. The number of aryl methyl sites for hydroxylation is 1. The van der Waals surface area contributed by atoms with Gasteiger partial charge in [0.1, 0.15) is 5.57 Å². The Morgan fingerprint density at radius 1 is 1.12 bits per heavy atom. The summed E-state index contributed by atoms with van der Waals surface area (Å²) < 4.78 is 0. The van der Waals surface area contributed by atoms with Crippen LogP contribution in [0.2, 0.25) is 0 Å². The number of nitro groups is 1. The first-order chi connectivity index (χ1) is 11.5. The van der Waals surface area contributed by atoms with Gasteiger partial charge in [0, 0.05) is 12.1 Å². The summed E-state index contributed by atoms with van der Waals surface area (Å²) in [5, 5.41) is 12.0. The fraction of sp³-hybridized carbons (Fsp3) is 0.0588. The second-order valence-corrected chi connectivity index (χ2v) is 5.33. The summed E-state index contributed by atoms with van der Waals surface area (Å²) in [7, 11) is 0. The van der Waals surface area contributed by atoms with E-state index in [4.69, 9.17) is 0 Å². The molecular formula is C17H13N3O4. The number of carbonyl (C=O) groups is 2. The molecule has 1 saturated heterocycles. The molecule has 0 aliphatic carbocycles. The van der Waals surface area contributed by atoms with E-state index in [1.165, 1.54) is 24.3 Å². The molecule has 1 N–H and O–H groups in total. The van der Waals surface area contributed by atoms with Gasteiger partial charge in [-0.3, -0.25) is 25.1 Å². The maximum Gasteiger partial charge on any atom is 0.282 e. The quantitative estimate of drug-likeness (QED) is 0.406. The van der Waals surface area contributed by atoms with Gasteiger partial charge >= 0.3 is 0 Å². The van der Waals surface area contributed by atoms with Crippen molar-refractivity contribution in [2.45, 2.75) is 6.92 Å². The van der Waals surface area contributed by atoms with Crippen LogP contribution < -0.4 is 10.4 Å². The first-order valence-electron chi connectivity index (χ1n) is 7.14. The second kappa shape index (κ2) is 5.96. The number of nitrogens with zero attached hydrogens (tertiary/aromatic N) is 2. The molecule has 0 unspecified atom stereocenters. The normalized spacial score (nSPS) is 15.7. The molecule has 0 saturated carbocycles. The molecule has 3 rings (SSSR count). The van der Waals surface area contributed by atoms with Crippen molar-refractivity contribution < 1.29 is 14.5 Å². The highest BCUT2D eigenvalue weighted by Gasteiger charge is 2.34. The molecule has 7 nitrogen and oxygen atoms in total. The first kappa shape index (κ1) is 15.4. The van der Waals surface area contributed by atoms with Crippen LogP contribution in [0.1, 0.15) is 11.1 Å². The highest BCUT2D eigenvalue weighted by Crippen LogP contribution is 2.23. The van der Waals surface area contributed by atoms with Crippen LogP contribution in [0.3, 0.4) is 0 Å². The lowest BCUT2D eigenvalue weighted by Crippen LogP contribution is -2.35. The number of amides is 2. The van der Waals surface area contributed by atoms with Crippen molar-refractivity contribution in [3.8, 4) is 0 Å². The van der Waals surface area contributed by atoms with E-state index in [2.05, 4.69) is 5.43 Å². The van der Waals surface area contributed by atoms with E-state index in [0.29, 0.717) is 11.3 Å². The van der Waals surface area contributed by atoms with Gasteiger partial charge in [0.25, 0.3) is 17.5 Å². The molecule has 2 aromatic carbocycles. The van der Waals surface area contributed by atoms with E-state index < -0.39 is 16.7 Å². The Morgan fingerprint density at radius 3 is 2.50 bits per heavy atom. The number of non-ortho nitro benzene ring substituents is 1. The molecule has 1 aliphatic heterocycles. The molecule has 1 aliphatic rings. The van der Waals surface area contributed by atoms with Crippen molar-refractivity contribution in [2.24, 2.45) is 0 Å². The van der Waals surface area contributed by atoms with E-state index >= 15 is 0 Å². The molecule has 0 spiro atoms. The SMILES string of the molecule is Cc1ccc(N2NC(=O)/C(=C\c3cccc([N+](=O)[O-])c3)C2=O)cc1. The van der Waals surface area contributed by atoms with Crippen molar-refractivity contribution in [2.75, 3.05) is 5.01 Å². The summed E-state index contributed by atoms with van der Waals surface area (Å²) in [6, 6.07) is 12.9. The zero-order chi connectivity index (χ0) is 17.3. The van der Waals surface area contributed by atoms with Gasteiger partial charge in [-0.05, 0) is 30.7 Å². The number of carbonyl (C=O) groups excluding carboxylic acids is 2. The Morgan fingerprint density at radius 2 is 1.83 bits per heavy atom. The van der Waals surface area contributed by atoms with Crippen LogP contribution in [0.25, 0.3) is 6.08 Å². The number of nitrogens with one attached hydrogen (secondary N) is 1. The fourth-order valence-corrected chi connectivity index (χ4v) is 2.33. The summed E-state index contributed by atoms with van der Waals surface area (Å²) >= 11 is 0. The maximum atomic E-state index is 12.5. The van der Waals surface area contributed by atoms with Gasteiger partial charge in [0.2, 0.25) is 0 Å². The zero-order valence-electron chi connectivity index (χ0n) is 12.7. The number of benzene rings is 2. The van der Waals surface area contributed by atoms with Gasteiger partial charge in [0.05, 0.1) is 10.6 Å². The van der Waals surface area contributed by atoms with Crippen molar-refractivity contribution >= 4 is 29.3 Å². The fourth-order valence-electron chi connectivity index (χ4n) is 2.33. The van der Waals surface area contributed by atoms with Crippen LogP contribution in [0, 0.1) is 17.0 Å². The number of hydrazine groups is 1. The van der Waals surface area contributed by atoms with Crippen LogP contribution >= 0.6 is 0 Å². The van der Waals surface area contributed by atoms with Crippen molar-refractivity contribution in [1.82, 2.24) is 5.43 Å². The van der Waals surface area contributed by atoms with E-state index in [0.717, 1.165) is 10.6 Å². The minimum absolute atomic E-state index is 0.0731. The molecule has 120 valence electrons. The molecule has 0 bridgehead atoms. The van der Waals surface area contributed by atoms with Gasteiger partial charge in [-0.2, -0.15) is 0 Å². The van der Waals surface area contributed by atoms with Crippen molar-refractivity contribution in [1.29, 1.82) is 0 Å². The molecule has 24 heavy (non-hydrogen) atoms. The lowest BCUT2D eigenvalue weighted by molar-refractivity contribution is -0.384. The number of anilines is 1. The molecule has 7 heteroatoms. The number of hydrogen-bond acceptors (Lipinski definition) is 4. The largest absolute Gasteiger partial charge is 0.282 e. The minimum Gasteiger partial charge on any atom is -0.267 e. The van der Waals surface area contributed by atoms with Crippen molar-refractivity contribution in [3.63, 3.8) is 0 Å². The summed E-state index contributed by atoms with van der Waals surface area (Å²) in [5.74, 6) is -1.05. The van der Waals surface area contributed by atoms with Crippen LogP contribution in [0.5, 0.6) is 0 Å². The van der Waals surface area contributed by atoms with Gasteiger partial charge in [-0.25, -0.2) is 5.01 Å². The average Bonchev–Trinajstić information content (AvgIpc) is 2.84. The Hall–Kier alpha value is -3.48. The Balaban J connectivity index is 1.93. The lowest BCUT2D eigenvalue weighted by Gasteiger charge is -2.14. The minimum atomic E-state index is -0.549. The highest BCUT2D eigenvalue weighted by atomic mass is 16.6. The molecule has 2 aromatic rings.